The molecule has 0 saturated carbocycles. The molecule has 2 aromatic carbocycles. The maximum atomic E-state index is 13.1. The molecule has 1 amide bonds. The Labute approximate surface area is 199 Å². The van der Waals surface area contributed by atoms with Crippen molar-refractivity contribution in [1.29, 1.82) is 0 Å². The number of ether oxygens (including phenoxy) is 2. The standard InChI is InChI=1S/C22H22Cl2N4O5/c1-32-10-9-27(18(29)13-33-17-11-15(23)7-8-16(17)24)19-20(25)28(22(31)26-21(19)30)12-14-5-3-2-4-6-14/h2-8,11H,9-10,12-13,25H2,1H3,(H,26,30,31). The van der Waals surface area contributed by atoms with Gasteiger partial charge in [-0.05, 0) is 17.7 Å². The number of hydrogen-bond acceptors (Lipinski definition) is 6. The normalized spacial score (nSPS) is 10.8. The Morgan fingerprint density at radius 3 is 2.58 bits per heavy atom. The average Bonchev–Trinajstić information content (AvgIpc) is 2.79. The van der Waals surface area contributed by atoms with Gasteiger partial charge in [0.1, 0.15) is 11.6 Å². The van der Waals surface area contributed by atoms with E-state index in [4.69, 9.17) is 38.4 Å². The first kappa shape index (κ1) is 24.4. The van der Waals surface area contributed by atoms with Gasteiger partial charge in [-0.2, -0.15) is 0 Å². The number of hydrogen-bond donors (Lipinski definition) is 2. The first-order valence-electron chi connectivity index (χ1n) is 9.85. The summed E-state index contributed by atoms with van der Waals surface area (Å²) in [4.78, 5) is 41.5. The van der Waals surface area contributed by atoms with Gasteiger partial charge in [-0.3, -0.25) is 24.0 Å². The van der Waals surface area contributed by atoms with Gasteiger partial charge >= 0.3 is 5.69 Å². The van der Waals surface area contributed by atoms with Crippen molar-refractivity contribution in [3.8, 4) is 5.75 Å². The molecule has 0 spiro atoms. The number of methoxy groups -OCH3 is 1. The van der Waals surface area contributed by atoms with Crippen molar-refractivity contribution < 1.29 is 14.3 Å². The van der Waals surface area contributed by atoms with Crippen molar-refractivity contribution in [3.05, 3.63) is 85.0 Å². The van der Waals surface area contributed by atoms with Crippen molar-refractivity contribution >= 4 is 40.6 Å². The van der Waals surface area contributed by atoms with Crippen molar-refractivity contribution in [2.24, 2.45) is 0 Å². The van der Waals surface area contributed by atoms with Crippen LogP contribution in [0.5, 0.6) is 5.75 Å². The van der Waals surface area contributed by atoms with E-state index < -0.39 is 23.8 Å². The highest BCUT2D eigenvalue weighted by atomic mass is 35.5. The highest BCUT2D eigenvalue weighted by Gasteiger charge is 2.25. The van der Waals surface area contributed by atoms with E-state index in [9.17, 15) is 14.4 Å². The second-order valence-electron chi connectivity index (χ2n) is 6.97. The Kier molecular flexibility index (Phi) is 8.16. The predicted molar refractivity (Wildman–Crippen MR) is 127 cm³/mol. The van der Waals surface area contributed by atoms with E-state index in [1.807, 2.05) is 30.3 Å². The Bertz CT molecular complexity index is 1240. The summed E-state index contributed by atoms with van der Waals surface area (Å²) in [5.74, 6) is -0.539. The lowest BCUT2D eigenvalue weighted by Gasteiger charge is -2.24. The van der Waals surface area contributed by atoms with Crippen LogP contribution in [0, 0.1) is 0 Å². The van der Waals surface area contributed by atoms with Gasteiger partial charge in [-0.15, -0.1) is 0 Å². The summed E-state index contributed by atoms with van der Waals surface area (Å²) in [6.07, 6.45) is 0. The second-order valence-corrected chi connectivity index (χ2v) is 7.81. The highest BCUT2D eigenvalue weighted by molar-refractivity contribution is 6.34. The zero-order valence-corrected chi connectivity index (χ0v) is 19.2. The van der Waals surface area contributed by atoms with E-state index >= 15 is 0 Å². The SMILES string of the molecule is COCCN(C(=O)COc1cc(Cl)ccc1Cl)c1c(N)n(Cc2ccccc2)c(=O)[nH]c1=O. The largest absolute Gasteiger partial charge is 0.482 e. The van der Waals surface area contributed by atoms with E-state index in [1.54, 1.807) is 6.07 Å². The van der Waals surface area contributed by atoms with E-state index in [1.165, 1.54) is 23.8 Å². The molecule has 174 valence electrons. The number of benzene rings is 2. The van der Waals surface area contributed by atoms with Crippen molar-refractivity contribution in [3.63, 3.8) is 0 Å². The quantitative estimate of drug-likeness (QED) is 0.473. The molecule has 0 aliphatic carbocycles. The number of aromatic amines is 1. The smallest absolute Gasteiger partial charge is 0.330 e. The Morgan fingerprint density at radius 1 is 1.15 bits per heavy atom. The minimum atomic E-state index is -0.799. The molecule has 33 heavy (non-hydrogen) atoms. The average molecular weight is 493 g/mol. The first-order valence-corrected chi connectivity index (χ1v) is 10.6. The number of amides is 1. The third-order valence-corrected chi connectivity index (χ3v) is 5.28. The number of nitrogen functional groups attached to an aromatic ring is 1. The van der Waals surface area contributed by atoms with Crippen molar-refractivity contribution in [2.45, 2.75) is 6.54 Å². The summed E-state index contributed by atoms with van der Waals surface area (Å²) in [5.41, 5.74) is 5.35. The number of aromatic nitrogens is 2. The molecule has 0 atom stereocenters. The highest BCUT2D eigenvalue weighted by Crippen LogP contribution is 2.28. The van der Waals surface area contributed by atoms with Gasteiger partial charge in [0.2, 0.25) is 0 Å². The lowest BCUT2D eigenvalue weighted by molar-refractivity contribution is -0.120. The van der Waals surface area contributed by atoms with Crippen molar-refractivity contribution in [2.75, 3.05) is 37.5 Å². The molecule has 9 nitrogen and oxygen atoms in total. The van der Waals surface area contributed by atoms with Crippen LogP contribution < -0.4 is 26.6 Å². The molecule has 0 unspecified atom stereocenters. The fraction of sp³-hybridized carbons (Fsp3) is 0.227. The number of rotatable bonds is 9. The van der Waals surface area contributed by atoms with Crippen LogP contribution in [0.4, 0.5) is 11.5 Å². The lowest BCUT2D eigenvalue weighted by atomic mass is 10.2. The van der Waals surface area contributed by atoms with Gasteiger partial charge in [-0.25, -0.2) is 4.79 Å². The zero-order valence-electron chi connectivity index (χ0n) is 17.7. The van der Waals surface area contributed by atoms with Gasteiger partial charge < -0.3 is 15.2 Å². The monoisotopic (exact) mass is 492 g/mol. The number of H-pyrrole nitrogens is 1. The van der Waals surface area contributed by atoms with E-state index in [0.717, 1.165) is 10.5 Å². The van der Waals surface area contributed by atoms with Gasteiger partial charge in [0.25, 0.3) is 11.5 Å². The summed E-state index contributed by atoms with van der Waals surface area (Å²) in [6.45, 7) is -0.240. The molecule has 0 aliphatic rings. The van der Waals surface area contributed by atoms with Crippen LogP contribution >= 0.6 is 23.2 Å². The molecular weight excluding hydrogens is 471 g/mol. The Morgan fingerprint density at radius 2 is 1.88 bits per heavy atom. The van der Waals surface area contributed by atoms with Crippen LogP contribution in [0.1, 0.15) is 5.56 Å². The van der Waals surface area contributed by atoms with Gasteiger partial charge in [0.15, 0.2) is 12.3 Å². The number of carbonyl (C=O) groups excluding carboxylic acids is 1. The van der Waals surface area contributed by atoms with E-state index in [2.05, 4.69) is 4.98 Å². The number of carbonyl (C=O) groups is 1. The van der Waals surface area contributed by atoms with Crippen molar-refractivity contribution in [1.82, 2.24) is 9.55 Å². The molecule has 0 aliphatic heterocycles. The molecule has 11 heteroatoms. The zero-order chi connectivity index (χ0) is 24.0. The third kappa shape index (κ3) is 5.95. The van der Waals surface area contributed by atoms with E-state index in [0.29, 0.717) is 5.02 Å². The topological polar surface area (TPSA) is 120 Å². The van der Waals surface area contributed by atoms with Gasteiger partial charge in [-0.1, -0.05) is 53.5 Å². The predicted octanol–water partition coefficient (Wildman–Crippen LogP) is 2.53. The molecule has 3 N–H and O–H groups in total. The second kappa shape index (κ2) is 11.0. The summed E-state index contributed by atoms with van der Waals surface area (Å²) in [6, 6.07) is 13.7. The molecule has 1 heterocycles. The fourth-order valence-corrected chi connectivity index (χ4v) is 3.44. The molecule has 3 aromatic rings. The number of nitrogens with one attached hydrogen (secondary N) is 1. The molecule has 3 rings (SSSR count). The number of nitrogens with two attached hydrogens (primary N) is 1. The number of anilines is 2. The minimum absolute atomic E-state index is 0.00120. The lowest BCUT2D eigenvalue weighted by Crippen LogP contribution is -2.44. The maximum absolute atomic E-state index is 13.1. The number of halogens is 2. The van der Waals surface area contributed by atoms with Crippen LogP contribution in [0.15, 0.2) is 58.1 Å². The summed E-state index contributed by atoms with van der Waals surface area (Å²) in [7, 11) is 1.45. The van der Waals surface area contributed by atoms with E-state index in [-0.39, 0.29) is 42.0 Å². The molecule has 0 bridgehead atoms. The first-order chi connectivity index (χ1) is 15.8. The summed E-state index contributed by atoms with van der Waals surface area (Å²) < 4.78 is 11.8. The maximum Gasteiger partial charge on any atom is 0.330 e. The van der Waals surface area contributed by atoms with Gasteiger partial charge in [0.05, 0.1) is 18.2 Å². The number of nitrogens with zero attached hydrogens (tertiary/aromatic N) is 2. The summed E-state index contributed by atoms with van der Waals surface area (Å²) >= 11 is 12.0. The molecule has 1 aromatic heterocycles. The molecule has 0 fully saturated rings. The molecule has 0 radical (unpaired) electrons. The van der Waals surface area contributed by atoms with Gasteiger partial charge in [0, 0.05) is 24.7 Å². The van der Waals surface area contributed by atoms with Crippen LogP contribution in [-0.2, 0) is 16.1 Å². The van der Waals surface area contributed by atoms with Crippen LogP contribution in [0.3, 0.4) is 0 Å². The Balaban J connectivity index is 1.94. The Hall–Kier alpha value is -3.27. The fourth-order valence-electron chi connectivity index (χ4n) is 3.11. The van der Waals surface area contributed by atoms with Crippen LogP contribution in [0.25, 0.3) is 0 Å². The summed E-state index contributed by atoms with van der Waals surface area (Å²) in [5, 5.41) is 0.649. The minimum Gasteiger partial charge on any atom is -0.482 e. The van der Waals surface area contributed by atoms with Crippen LogP contribution in [0.2, 0.25) is 10.0 Å². The molecule has 0 saturated heterocycles. The van der Waals surface area contributed by atoms with Crippen LogP contribution in [-0.4, -0.2) is 42.3 Å². The molecular formula is C22H22Cl2N4O5. The third-order valence-electron chi connectivity index (χ3n) is 4.73.